The predicted molar refractivity (Wildman–Crippen MR) is 76.3 cm³/mol. The molecule has 1 aromatic heterocycles. The first-order chi connectivity index (χ1) is 9.74. The molecular weight excluding hydrogens is 256 g/mol. The van der Waals surface area contributed by atoms with Crippen molar-refractivity contribution in [3.63, 3.8) is 0 Å². The van der Waals surface area contributed by atoms with E-state index in [1.807, 2.05) is 31.2 Å². The van der Waals surface area contributed by atoms with Gasteiger partial charge in [0.25, 0.3) is 5.88 Å². The van der Waals surface area contributed by atoms with Crippen LogP contribution in [0.5, 0.6) is 11.6 Å². The van der Waals surface area contributed by atoms with Crippen LogP contribution in [0.4, 0.5) is 0 Å². The summed E-state index contributed by atoms with van der Waals surface area (Å²) in [6.07, 6.45) is 4.05. The fourth-order valence-corrected chi connectivity index (χ4v) is 1.80. The number of hydrogen-bond donors (Lipinski definition) is 0. The number of rotatable bonds is 6. The molecule has 2 rings (SSSR count). The highest BCUT2D eigenvalue weighted by Gasteiger charge is 2.06. The second-order valence-electron chi connectivity index (χ2n) is 4.31. The van der Waals surface area contributed by atoms with Crippen molar-refractivity contribution in [1.82, 2.24) is 9.55 Å². The van der Waals surface area contributed by atoms with Crippen LogP contribution in [0.15, 0.2) is 41.5 Å². The van der Waals surface area contributed by atoms with Gasteiger partial charge in [0, 0.05) is 26.0 Å². The van der Waals surface area contributed by atoms with E-state index in [1.165, 1.54) is 0 Å². The van der Waals surface area contributed by atoms with Gasteiger partial charge >= 0.3 is 5.56 Å². The first kappa shape index (κ1) is 14.3. The van der Waals surface area contributed by atoms with Crippen molar-refractivity contribution in [3.8, 4) is 11.6 Å². The molecule has 0 aliphatic heterocycles. The van der Waals surface area contributed by atoms with Gasteiger partial charge < -0.3 is 14.0 Å². The Morgan fingerprint density at radius 3 is 2.65 bits per heavy atom. The number of ether oxygens (including phenoxy) is 2. The molecule has 0 N–H and O–H groups in total. The Morgan fingerprint density at radius 1 is 1.25 bits per heavy atom. The molecule has 0 aliphatic rings. The van der Waals surface area contributed by atoms with Gasteiger partial charge in [0.2, 0.25) is 0 Å². The van der Waals surface area contributed by atoms with E-state index in [2.05, 4.69) is 4.98 Å². The molecule has 106 valence electrons. The molecule has 2 aromatic rings. The Balaban J connectivity index is 2.12. The maximum atomic E-state index is 12.0. The number of benzene rings is 1. The molecule has 0 amide bonds. The Morgan fingerprint density at radius 2 is 2.00 bits per heavy atom. The monoisotopic (exact) mass is 274 g/mol. The second kappa shape index (κ2) is 6.86. The molecule has 0 radical (unpaired) electrons. The number of methoxy groups -OCH3 is 1. The Hall–Kier alpha value is -2.14. The normalized spacial score (nSPS) is 10.5. The van der Waals surface area contributed by atoms with E-state index in [4.69, 9.17) is 9.47 Å². The number of hydrogen-bond acceptors (Lipinski definition) is 4. The second-order valence-corrected chi connectivity index (χ2v) is 4.31. The van der Waals surface area contributed by atoms with Crippen LogP contribution in [0.25, 0.3) is 0 Å². The molecule has 5 nitrogen and oxygen atoms in total. The molecular formula is C15H18N2O3. The minimum Gasteiger partial charge on any atom is -0.435 e. The Bertz CT molecular complexity index is 605. The number of aromatic nitrogens is 2. The summed E-state index contributed by atoms with van der Waals surface area (Å²) in [6, 6.07) is 7.57. The van der Waals surface area contributed by atoms with Gasteiger partial charge in [0.1, 0.15) is 5.75 Å². The molecule has 0 aliphatic carbocycles. The van der Waals surface area contributed by atoms with Gasteiger partial charge in [-0.25, -0.2) is 4.98 Å². The summed E-state index contributed by atoms with van der Waals surface area (Å²) in [5, 5.41) is 0. The topological polar surface area (TPSA) is 53.4 Å². The fourth-order valence-electron chi connectivity index (χ4n) is 1.80. The zero-order chi connectivity index (χ0) is 14.4. The van der Waals surface area contributed by atoms with Gasteiger partial charge in [-0.05, 0) is 31.0 Å². The Labute approximate surface area is 117 Å². The molecule has 0 atom stereocenters. The third-order valence-electron chi connectivity index (χ3n) is 2.96. The predicted octanol–water partition coefficient (Wildman–Crippen LogP) is 2.24. The van der Waals surface area contributed by atoms with E-state index in [0.717, 1.165) is 12.0 Å². The van der Waals surface area contributed by atoms with Crippen LogP contribution in [0.1, 0.15) is 12.5 Å². The first-order valence-corrected chi connectivity index (χ1v) is 6.55. The van der Waals surface area contributed by atoms with Crippen LogP contribution in [-0.2, 0) is 17.7 Å². The molecule has 0 saturated heterocycles. The van der Waals surface area contributed by atoms with Crippen LogP contribution in [0.2, 0.25) is 0 Å². The molecule has 1 aromatic carbocycles. The minimum atomic E-state index is -0.224. The summed E-state index contributed by atoms with van der Waals surface area (Å²) in [4.78, 5) is 16.0. The van der Waals surface area contributed by atoms with Crippen LogP contribution in [0.3, 0.4) is 0 Å². The summed E-state index contributed by atoms with van der Waals surface area (Å²) in [6.45, 7) is 3.17. The quantitative estimate of drug-likeness (QED) is 0.810. The zero-order valence-electron chi connectivity index (χ0n) is 11.7. The largest absolute Gasteiger partial charge is 0.435 e. The van der Waals surface area contributed by atoms with Gasteiger partial charge in [-0.2, -0.15) is 0 Å². The van der Waals surface area contributed by atoms with Crippen LogP contribution >= 0.6 is 0 Å². The molecule has 20 heavy (non-hydrogen) atoms. The van der Waals surface area contributed by atoms with E-state index in [9.17, 15) is 4.79 Å². The van der Waals surface area contributed by atoms with Gasteiger partial charge in [-0.15, -0.1) is 0 Å². The maximum absolute atomic E-state index is 12.0. The van der Waals surface area contributed by atoms with Gasteiger partial charge in [0.15, 0.2) is 0 Å². The zero-order valence-corrected chi connectivity index (χ0v) is 11.7. The lowest BCUT2D eigenvalue weighted by Gasteiger charge is -2.07. The van der Waals surface area contributed by atoms with Crippen molar-refractivity contribution in [2.45, 2.75) is 19.9 Å². The average Bonchev–Trinajstić information content (AvgIpc) is 2.48. The number of nitrogens with zero attached hydrogens (tertiary/aromatic N) is 2. The van der Waals surface area contributed by atoms with Gasteiger partial charge in [0.05, 0.1) is 6.61 Å². The van der Waals surface area contributed by atoms with Crippen LogP contribution < -0.4 is 10.3 Å². The highest BCUT2D eigenvalue weighted by atomic mass is 16.5. The maximum Gasteiger partial charge on any atom is 0.313 e. The van der Waals surface area contributed by atoms with E-state index in [-0.39, 0.29) is 11.4 Å². The fraction of sp³-hybridized carbons (Fsp3) is 0.333. The average molecular weight is 274 g/mol. The summed E-state index contributed by atoms with van der Waals surface area (Å²) in [5.41, 5.74) is 0.935. The SMILES string of the molecule is CCn1ccnc(Oc2ccc(CCOC)cc2)c1=O. The Kier molecular flexibility index (Phi) is 4.90. The lowest BCUT2D eigenvalue weighted by Crippen LogP contribution is -2.20. The first-order valence-electron chi connectivity index (χ1n) is 6.55. The molecule has 5 heteroatoms. The number of aryl methyl sites for hydroxylation is 1. The molecule has 0 saturated carbocycles. The standard InChI is InChI=1S/C15H18N2O3/c1-3-17-10-9-16-14(15(17)18)20-13-6-4-12(5-7-13)8-11-19-2/h4-7,9-10H,3,8,11H2,1-2H3. The van der Waals surface area contributed by atoms with Crippen molar-refractivity contribution in [2.24, 2.45) is 0 Å². The smallest absolute Gasteiger partial charge is 0.313 e. The van der Waals surface area contributed by atoms with Crippen molar-refractivity contribution < 1.29 is 9.47 Å². The molecule has 1 heterocycles. The van der Waals surface area contributed by atoms with E-state index < -0.39 is 0 Å². The van der Waals surface area contributed by atoms with Gasteiger partial charge in [-0.1, -0.05) is 12.1 Å². The summed E-state index contributed by atoms with van der Waals surface area (Å²) >= 11 is 0. The molecule has 0 fully saturated rings. The minimum absolute atomic E-state index is 0.0963. The van der Waals surface area contributed by atoms with Gasteiger partial charge in [-0.3, -0.25) is 4.79 Å². The highest BCUT2D eigenvalue weighted by molar-refractivity contribution is 5.30. The van der Waals surface area contributed by atoms with E-state index >= 15 is 0 Å². The van der Waals surface area contributed by atoms with Crippen molar-refractivity contribution in [2.75, 3.05) is 13.7 Å². The molecule has 0 spiro atoms. The molecule has 0 unspecified atom stereocenters. The van der Waals surface area contributed by atoms with Crippen LogP contribution in [0, 0.1) is 0 Å². The lowest BCUT2D eigenvalue weighted by molar-refractivity contribution is 0.202. The summed E-state index contributed by atoms with van der Waals surface area (Å²) in [5.74, 6) is 0.698. The summed E-state index contributed by atoms with van der Waals surface area (Å²) in [7, 11) is 1.68. The van der Waals surface area contributed by atoms with E-state index in [0.29, 0.717) is 18.9 Å². The molecule has 0 bridgehead atoms. The van der Waals surface area contributed by atoms with Crippen molar-refractivity contribution in [3.05, 3.63) is 52.6 Å². The highest BCUT2D eigenvalue weighted by Crippen LogP contribution is 2.17. The lowest BCUT2D eigenvalue weighted by atomic mass is 10.1. The summed E-state index contributed by atoms with van der Waals surface area (Å²) < 4.78 is 12.1. The third kappa shape index (κ3) is 3.45. The van der Waals surface area contributed by atoms with Crippen LogP contribution in [-0.4, -0.2) is 23.3 Å². The third-order valence-corrected chi connectivity index (χ3v) is 2.96. The van der Waals surface area contributed by atoms with Crippen molar-refractivity contribution in [1.29, 1.82) is 0 Å². The van der Waals surface area contributed by atoms with Crippen molar-refractivity contribution >= 4 is 0 Å². The van der Waals surface area contributed by atoms with E-state index in [1.54, 1.807) is 24.1 Å².